The molecule has 0 fully saturated rings. The lowest BCUT2D eigenvalue weighted by Gasteiger charge is -2.03. The van der Waals surface area contributed by atoms with E-state index in [-0.39, 0.29) is 11.0 Å². The summed E-state index contributed by atoms with van der Waals surface area (Å²) in [6.45, 7) is 0. The molecule has 0 aromatic carbocycles. The molecular weight excluding hydrogens is 258 g/mol. The van der Waals surface area contributed by atoms with Crippen molar-refractivity contribution in [3.63, 3.8) is 0 Å². The highest BCUT2D eigenvalue weighted by Crippen LogP contribution is 2.22. The van der Waals surface area contributed by atoms with Crippen LogP contribution in [0.5, 0.6) is 0 Å². The number of aromatic nitrogens is 2. The van der Waals surface area contributed by atoms with Crippen LogP contribution in [0.25, 0.3) is 0 Å². The highest BCUT2D eigenvalue weighted by atomic mass is 35.5. The molecule has 0 amide bonds. The first-order chi connectivity index (χ1) is 6.88. The Balaban J connectivity index is 2.61. The number of sulfone groups is 1. The fraction of sp³-hybridized carbons (Fsp3) is 0.429. The summed E-state index contributed by atoms with van der Waals surface area (Å²) >= 11 is 6.82. The van der Waals surface area contributed by atoms with Crippen molar-refractivity contribution in [3.05, 3.63) is 11.5 Å². The van der Waals surface area contributed by atoms with Gasteiger partial charge in [0.15, 0.2) is 0 Å². The van der Waals surface area contributed by atoms with Gasteiger partial charge in [-0.3, -0.25) is 0 Å². The van der Waals surface area contributed by atoms with Gasteiger partial charge in [0.1, 0.15) is 14.9 Å². The van der Waals surface area contributed by atoms with Crippen molar-refractivity contribution in [2.24, 2.45) is 0 Å². The van der Waals surface area contributed by atoms with Crippen LogP contribution < -0.4 is 5.73 Å². The Hall–Kier alpha value is -0.530. The Morgan fingerprint density at radius 1 is 1.60 bits per heavy atom. The molecule has 2 N–H and O–H groups in total. The number of hydrogen-bond acceptors (Lipinski definition) is 6. The Morgan fingerprint density at radius 3 is 2.87 bits per heavy atom. The molecule has 0 unspecified atom stereocenters. The topological polar surface area (TPSA) is 85.9 Å². The van der Waals surface area contributed by atoms with E-state index in [2.05, 4.69) is 9.97 Å². The second kappa shape index (κ2) is 5.00. The molecule has 15 heavy (non-hydrogen) atoms. The Labute approximate surface area is 97.4 Å². The Bertz CT molecular complexity index is 450. The lowest BCUT2D eigenvalue weighted by Crippen LogP contribution is -2.05. The fourth-order valence-corrected chi connectivity index (χ4v) is 3.05. The SMILES string of the molecule is CS(=O)(=O)CCSc1nc(Cl)ncc1N. The standard InChI is InChI=1S/C7H10ClN3O2S2/c1-15(12,13)3-2-14-6-5(9)4-10-7(8)11-6/h4H,2-3,9H2,1H3. The maximum atomic E-state index is 10.9. The number of nitrogen functional groups attached to an aromatic ring is 1. The zero-order chi connectivity index (χ0) is 11.5. The van der Waals surface area contributed by atoms with Gasteiger partial charge in [-0.05, 0) is 11.6 Å². The quantitative estimate of drug-likeness (QED) is 0.494. The molecule has 8 heteroatoms. The number of halogens is 1. The molecule has 84 valence electrons. The molecule has 1 heterocycles. The summed E-state index contributed by atoms with van der Waals surface area (Å²) in [5, 5.41) is 0.615. The summed E-state index contributed by atoms with van der Waals surface area (Å²) in [5.41, 5.74) is 5.99. The molecule has 1 aromatic heterocycles. The van der Waals surface area contributed by atoms with Gasteiger partial charge in [-0.1, -0.05) is 0 Å². The zero-order valence-corrected chi connectivity index (χ0v) is 10.4. The number of nitrogens with two attached hydrogens (primary N) is 1. The summed E-state index contributed by atoms with van der Waals surface area (Å²) in [7, 11) is -2.96. The summed E-state index contributed by atoms with van der Waals surface area (Å²) in [6.07, 6.45) is 2.59. The zero-order valence-electron chi connectivity index (χ0n) is 7.97. The van der Waals surface area contributed by atoms with Gasteiger partial charge in [-0.2, -0.15) is 0 Å². The minimum absolute atomic E-state index is 0.0821. The van der Waals surface area contributed by atoms with E-state index in [9.17, 15) is 8.42 Å². The first kappa shape index (κ1) is 12.5. The molecule has 0 radical (unpaired) electrons. The first-order valence-corrected chi connectivity index (χ1v) is 7.39. The summed E-state index contributed by atoms with van der Waals surface area (Å²) in [4.78, 5) is 7.58. The maximum Gasteiger partial charge on any atom is 0.223 e. The van der Waals surface area contributed by atoms with E-state index in [1.165, 1.54) is 24.2 Å². The number of anilines is 1. The summed E-state index contributed by atoms with van der Waals surface area (Å²) in [5.74, 6) is 0.481. The number of rotatable bonds is 4. The van der Waals surface area contributed by atoms with Gasteiger partial charge in [0, 0.05) is 12.0 Å². The molecule has 0 saturated carbocycles. The van der Waals surface area contributed by atoms with Crippen LogP contribution in [-0.2, 0) is 9.84 Å². The van der Waals surface area contributed by atoms with Crippen molar-refractivity contribution in [2.75, 3.05) is 23.5 Å². The summed E-state index contributed by atoms with van der Waals surface area (Å²) < 4.78 is 21.7. The van der Waals surface area contributed by atoms with Gasteiger partial charge in [0.05, 0.1) is 17.6 Å². The van der Waals surface area contributed by atoms with Crippen molar-refractivity contribution in [1.82, 2.24) is 9.97 Å². The molecular formula is C7H10ClN3O2S2. The van der Waals surface area contributed by atoms with Gasteiger partial charge < -0.3 is 5.73 Å². The predicted octanol–water partition coefficient (Wildman–Crippen LogP) is 0.849. The van der Waals surface area contributed by atoms with Crippen molar-refractivity contribution < 1.29 is 8.42 Å². The van der Waals surface area contributed by atoms with E-state index in [4.69, 9.17) is 17.3 Å². The molecule has 0 aliphatic heterocycles. The average Bonchev–Trinajstić information content (AvgIpc) is 2.09. The largest absolute Gasteiger partial charge is 0.395 e. The molecule has 5 nitrogen and oxygen atoms in total. The molecule has 0 aliphatic carbocycles. The minimum atomic E-state index is -2.96. The van der Waals surface area contributed by atoms with Crippen molar-refractivity contribution in [3.8, 4) is 0 Å². The average molecular weight is 268 g/mol. The third-order valence-electron chi connectivity index (χ3n) is 1.44. The normalized spacial score (nSPS) is 11.6. The van der Waals surface area contributed by atoms with E-state index in [0.717, 1.165) is 0 Å². The summed E-state index contributed by atoms with van der Waals surface area (Å²) in [6, 6.07) is 0. The van der Waals surface area contributed by atoms with E-state index in [1.807, 2.05) is 0 Å². The molecule has 0 bridgehead atoms. The van der Waals surface area contributed by atoms with E-state index < -0.39 is 9.84 Å². The fourth-order valence-electron chi connectivity index (χ4n) is 0.761. The second-order valence-corrected chi connectivity index (χ2v) is 6.56. The smallest absolute Gasteiger partial charge is 0.223 e. The molecule has 0 spiro atoms. The van der Waals surface area contributed by atoms with Crippen LogP contribution in [0.2, 0.25) is 5.28 Å². The molecule has 1 aromatic rings. The van der Waals surface area contributed by atoms with Crippen LogP contribution in [-0.4, -0.2) is 36.1 Å². The van der Waals surface area contributed by atoms with Crippen LogP contribution in [0.3, 0.4) is 0 Å². The monoisotopic (exact) mass is 267 g/mol. The highest BCUT2D eigenvalue weighted by Gasteiger charge is 2.07. The van der Waals surface area contributed by atoms with Crippen LogP contribution in [0.4, 0.5) is 5.69 Å². The number of hydrogen-bond donors (Lipinski definition) is 1. The second-order valence-electron chi connectivity index (χ2n) is 2.88. The predicted molar refractivity (Wildman–Crippen MR) is 61.9 cm³/mol. The first-order valence-electron chi connectivity index (χ1n) is 3.97. The Kier molecular flexibility index (Phi) is 4.18. The number of nitrogens with zero attached hydrogens (tertiary/aromatic N) is 2. The minimum Gasteiger partial charge on any atom is -0.395 e. The molecule has 0 saturated heterocycles. The molecule has 0 aliphatic rings. The number of thioether (sulfide) groups is 1. The lowest BCUT2D eigenvalue weighted by molar-refractivity contribution is 0.603. The third-order valence-corrected chi connectivity index (χ3v) is 3.84. The van der Waals surface area contributed by atoms with Gasteiger partial charge >= 0.3 is 0 Å². The van der Waals surface area contributed by atoms with Crippen molar-refractivity contribution >= 4 is 38.9 Å². The van der Waals surface area contributed by atoms with Crippen molar-refractivity contribution in [1.29, 1.82) is 0 Å². The van der Waals surface area contributed by atoms with Crippen LogP contribution in [0.1, 0.15) is 0 Å². The molecule has 0 atom stereocenters. The molecule has 1 rings (SSSR count). The third kappa shape index (κ3) is 4.67. The van der Waals surface area contributed by atoms with E-state index in [0.29, 0.717) is 16.5 Å². The van der Waals surface area contributed by atoms with E-state index >= 15 is 0 Å². The van der Waals surface area contributed by atoms with Crippen LogP contribution in [0.15, 0.2) is 11.2 Å². The van der Waals surface area contributed by atoms with Gasteiger partial charge in [0.2, 0.25) is 5.28 Å². The van der Waals surface area contributed by atoms with E-state index in [1.54, 1.807) is 0 Å². The highest BCUT2D eigenvalue weighted by molar-refractivity contribution is 8.00. The Morgan fingerprint density at radius 2 is 2.27 bits per heavy atom. The van der Waals surface area contributed by atoms with Crippen LogP contribution in [0, 0.1) is 0 Å². The van der Waals surface area contributed by atoms with Crippen molar-refractivity contribution in [2.45, 2.75) is 5.03 Å². The van der Waals surface area contributed by atoms with Crippen LogP contribution >= 0.6 is 23.4 Å². The maximum absolute atomic E-state index is 10.9. The lowest BCUT2D eigenvalue weighted by atomic mass is 10.6. The van der Waals surface area contributed by atoms with Gasteiger partial charge in [0.25, 0.3) is 0 Å². The van der Waals surface area contributed by atoms with Gasteiger partial charge in [-0.25, -0.2) is 18.4 Å². The van der Waals surface area contributed by atoms with Gasteiger partial charge in [-0.15, -0.1) is 11.8 Å².